The van der Waals surface area contributed by atoms with Crippen LogP contribution in [0.1, 0.15) is 106 Å². The summed E-state index contributed by atoms with van der Waals surface area (Å²) in [6, 6.07) is 1.75. The molecular formula is C37H50O11. The zero-order chi connectivity index (χ0) is 35.4. The predicted octanol–water partition coefficient (Wildman–Crippen LogP) is 5.13. The van der Waals surface area contributed by atoms with Gasteiger partial charge in [0.2, 0.25) is 5.60 Å². The summed E-state index contributed by atoms with van der Waals surface area (Å²) in [6.07, 6.45) is 2.19. The number of ether oxygens (including phenoxy) is 4. The fraction of sp³-hybridized carbons (Fsp3) is 0.757. The molecule has 2 bridgehead atoms. The molecule has 1 aromatic rings. The SMILES string of the molecule is CC[C@H](C)C(=O)O[C@@]12CC3(C)[C@@H](OC(=O)C(C)C)[C@@]1(O)C(=O)[C@@]1(C)[C@H]4CC(=O)O[C@H](c5ccoc5)[C@@]4(C)CC[C@@H]1[C@]2(C)[C@H]3CC(=O)OC. The lowest BCUT2D eigenvalue weighted by Gasteiger charge is -2.72. The van der Waals surface area contributed by atoms with Gasteiger partial charge in [-0.2, -0.15) is 0 Å². The summed E-state index contributed by atoms with van der Waals surface area (Å²) < 4.78 is 29.3. The average molecular weight is 671 g/mol. The Labute approximate surface area is 281 Å². The molecule has 1 aliphatic heterocycles. The molecule has 12 atom stereocenters. The third-order valence-electron chi connectivity index (χ3n) is 14.0. The van der Waals surface area contributed by atoms with E-state index in [1.54, 1.807) is 40.0 Å². The molecule has 0 aromatic carbocycles. The number of ketones is 1. The molecule has 2 heterocycles. The molecule has 1 unspecified atom stereocenters. The lowest BCUT2D eigenvalue weighted by Crippen LogP contribution is -2.84. The summed E-state index contributed by atoms with van der Waals surface area (Å²) in [6.45, 7) is 14.5. The van der Waals surface area contributed by atoms with Gasteiger partial charge in [-0.3, -0.25) is 24.0 Å². The van der Waals surface area contributed by atoms with Crippen molar-refractivity contribution < 1.29 is 52.4 Å². The van der Waals surface area contributed by atoms with Gasteiger partial charge in [-0.1, -0.05) is 55.4 Å². The van der Waals surface area contributed by atoms with Gasteiger partial charge in [0.25, 0.3) is 0 Å². The number of hydrogen-bond acceptors (Lipinski definition) is 11. The Morgan fingerprint density at radius 1 is 1.04 bits per heavy atom. The highest BCUT2D eigenvalue weighted by Gasteiger charge is 2.94. The smallest absolute Gasteiger partial charge is 0.309 e. The summed E-state index contributed by atoms with van der Waals surface area (Å²) in [4.78, 5) is 69.7. The normalized spacial score (nSPS) is 44.8. The molecule has 4 saturated carbocycles. The molecule has 48 heavy (non-hydrogen) atoms. The minimum atomic E-state index is -2.48. The number of methoxy groups -OCH3 is 1. The van der Waals surface area contributed by atoms with Crippen LogP contribution in [-0.2, 0) is 42.9 Å². The Bertz CT molecular complexity index is 1530. The average Bonchev–Trinajstić information content (AvgIpc) is 3.68. The highest BCUT2D eigenvalue weighted by atomic mass is 16.6. The molecule has 0 amide bonds. The molecule has 1 N–H and O–H groups in total. The summed E-state index contributed by atoms with van der Waals surface area (Å²) in [7, 11) is 1.30. The number of Topliss-reactive ketones (excluding diaryl/α,β-unsaturated/α-hetero) is 1. The second kappa shape index (κ2) is 10.9. The molecule has 264 valence electrons. The largest absolute Gasteiger partial charge is 0.472 e. The third kappa shape index (κ3) is 3.99. The van der Waals surface area contributed by atoms with Gasteiger partial charge in [-0.05, 0) is 43.1 Å². The topological polar surface area (TPSA) is 156 Å². The summed E-state index contributed by atoms with van der Waals surface area (Å²) in [5.74, 6) is -5.70. The van der Waals surface area contributed by atoms with Gasteiger partial charge in [-0.25, -0.2) is 0 Å². The van der Waals surface area contributed by atoms with E-state index in [0.717, 1.165) is 0 Å². The van der Waals surface area contributed by atoms with Crippen molar-refractivity contribution in [3.8, 4) is 0 Å². The second-order valence-corrected chi connectivity index (χ2v) is 16.5. The van der Waals surface area contributed by atoms with Gasteiger partial charge < -0.3 is 28.5 Å². The van der Waals surface area contributed by atoms with Crippen molar-refractivity contribution in [2.45, 2.75) is 117 Å². The number of rotatable bonds is 8. The van der Waals surface area contributed by atoms with E-state index in [-0.39, 0.29) is 19.3 Å². The number of furan rings is 1. The number of carbonyl (C=O) groups is 5. The van der Waals surface area contributed by atoms with Gasteiger partial charge in [0.15, 0.2) is 11.4 Å². The van der Waals surface area contributed by atoms with Gasteiger partial charge in [0.05, 0.1) is 31.5 Å². The van der Waals surface area contributed by atoms with Gasteiger partial charge in [0.1, 0.15) is 12.2 Å². The molecule has 0 radical (unpaired) electrons. The monoisotopic (exact) mass is 670 g/mol. The van der Waals surface area contributed by atoms with Crippen LogP contribution in [0.5, 0.6) is 0 Å². The summed E-state index contributed by atoms with van der Waals surface area (Å²) in [5, 5.41) is 13.4. The zero-order valence-electron chi connectivity index (χ0n) is 29.5. The van der Waals surface area contributed by atoms with Crippen molar-refractivity contribution >= 4 is 29.7 Å². The van der Waals surface area contributed by atoms with E-state index in [1.807, 2.05) is 27.7 Å². The fourth-order valence-electron chi connectivity index (χ4n) is 11.6. The quantitative estimate of drug-likeness (QED) is 0.289. The number of fused-ring (bicyclic) bond motifs is 5. The first-order valence-corrected chi connectivity index (χ1v) is 17.3. The van der Waals surface area contributed by atoms with Crippen molar-refractivity contribution in [1.82, 2.24) is 0 Å². The van der Waals surface area contributed by atoms with E-state index in [0.29, 0.717) is 24.8 Å². The minimum Gasteiger partial charge on any atom is -0.472 e. The van der Waals surface area contributed by atoms with Crippen molar-refractivity contribution in [3.63, 3.8) is 0 Å². The first-order valence-electron chi connectivity index (χ1n) is 17.3. The lowest BCUT2D eigenvalue weighted by molar-refractivity contribution is -0.319. The Morgan fingerprint density at radius 3 is 2.31 bits per heavy atom. The van der Waals surface area contributed by atoms with E-state index in [2.05, 4.69) is 0 Å². The lowest BCUT2D eigenvalue weighted by atomic mass is 9.33. The van der Waals surface area contributed by atoms with E-state index in [9.17, 15) is 24.3 Å². The van der Waals surface area contributed by atoms with Crippen molar-refractivity contribution in [2.24, 2.45) is 51.2 Å². The van der Waals surface area contributed by atoms with Crippen LogP contribution in [0.15, 0.2) is 23.0 Å². The van der Waals surface area contributed by atoms with E-state index in [4.69, 9.17) is 23.4 Å². The molecule has 11 nitrogen and oxygen atoms in total. The van der Waals surface area contributed by atoms with Crippen LogP contribution in [0.3, 0.4) is 0 Å². The molecule has 11 heteroatoms. The highest BCUT2D eigenvalue weighted by molar-refractivity contribution is 5.99. The molecule has 1 saturated heterocycles. The number of hydrogen-bond donors (Lipinski definition) is 1. The first kappa shape index (κ1) is 34.6. The Morgan fingerprint density at radius 2 is 1.73 bits per heavy atom. The number of aliphatic hydroxyl groups is 1. The van der Waals surface area contributed by atoms with Gasteiger partial charge in [-0.15, -0.1) is 0 Å². The second-order valence-electron chi connectivity index (χ2n) is 16.5. The molecule has 6 rings (SSSR count). The number of cyclic esters (lactones) is 1. The third-order valence-corrected chi connectivity index (χ3v) is 14.0. The Kier molecular flexibility index (Phi) is 7.86. The summed E-state index contributed by atoms with van der Waals surface area (Å²) in [5.41, 5.74) is -8.09. The van der Waals surface area contributed by atoms with E-state index >= 15 is 4.79 Å². The van der Waals surface area contributed by atoms with Crippen LogP contribution in [0.4, 0.5) is 0 Å². The minimum absolute atomic E-state index is 0.00676. The van der Waals surface area contributed by atoms with Crippen LogP contribution < -0.4 is 0 Å². The first-order chi connectivity index (χ1) is 22.3. The molecule has 5 fully saturated rings. The molecule has 0 spiro atoms. The maximum atomic E-state index is 15.7. The predicted molar refractivity (Wildman–Crippen MR) is 168 cm³/mol. The molecular weight excluding hydrogens is 620 g/mol. The van der Waals surface area contributed by atoms with Crippen LogP contribution in [0, 0.1) is 51.2 Å². The highest BCUT2D eigenvalue weighted by Crippen LogP contribution is 2.84. The summed E-state index contributed by atoms with van der Waals surface area (Å²) >= 11 is 0. The molecule has 5 aliphatic rings. The Hall–Kier alpha value is -3.21. The fourth-order valence-corrected chi connectivity index (χ4v) is 11.6. The van der Waals surface area contributed by atoms with Crippen LogP contribution in [0.2, 0.25) is 0 Å². The van der Waals surface area contributed by atoms with Crippen molar-refractivity contribution in [3.05, 3.63) is 24.2 Å². The van der Waals surface area contributed by atoms with Crippen LogP contribution >= 0.6 is 0 Å². The van der Waals surface area contributed by atoms with E-state index in [1.165, 1.54) is 13.4 Å². The van der Waals surface area contributed by atoms with Crippen LogP contribution in [-0.4, -0.2) is 59.2 Å². The molecule has 4 aliphatic carbocycles. The van der Waals surface area contributed by atoms with Gasteiger partial charge >= 0.3 is 23.9 Å². The van der Waals surface area contributed by atoms with Crippen molar-refractivity contribution in [2.75, 3.05) is 7.11 Å². The standard InChI is InChI=1S/C37H50O11/c1-10-20(4)29(41)48-36-18-33(6)24(16-25(38)44-9)35(36,8)22-11-13-32(5)23(15-26(39)46-27(32)21-12-14-45-17-21)34(22,7)30(42)37(36,43)31(33)47-28(40)19(2)3/h12,14,17,19-20,22-24,27,31,43H,10-11,13,15-16,18H2,1-9H3/t20-,22-,23-,24-,27+,31+,32-,33?,34+,35+,36+,37-/m0/s1. The maximum Gasteiger partial charge on any atom is 0.309 e. The maximum absolute atomic E-state index is 15.7. The zero-order valence-corrected chi connectivity index (χ0v) is 29.5. The van der Waals surface area contributed by atoms with E-state index < -0.39 is 104 Å². The van der Waals surface area contributed by atoms with Crippen LogP contribution in [0.25, 0.3) is 0 Å². The number of esters is 4. The van der Waals surface area contributed by atoms with Gasteiger partial charge in [0, 0.05) is 46.5 Å². The number of carbonyl (C=O) groups excluding carboxylic acids is 5. The van der Waals surface area contributed by atoms with Crippen molar-refractivity contribution in [1.29, 1.82) is 0 Å². The molecule has 1 aromatic heterocycles. The Balaban J connectivity index is 1.63.